The van der Waals surface area contributed by atoms with Gasteiger partial charge in [-0.1, -0.05) is 29.4 Å². The lowest BCUT2D eigenvalue weighted by Gasteiger charge is -2.08. The van der Waals surface area contributed by atoms with Crippen LogP contribution in [0.1, 0.15) is 51.3 Å². The summed E-state index contributed by atoms with van der Waals surface area (Å²) in [6.45, 7) is 5.91. The Morgan fingerprint density at radius 2 is 1.40 bits per heavy atom. The summed E-state index contributed by atoms with van der Waals surface area (Å²) < 4.78 is 7.37. The number of oxime groups is 1. The van der Waals surface area contributed by atoms with Crippen LogP contribution in [0.2, 0.25) is 0 Å². The monoisotopic (exact) mass is 532 g/mol. The third-order valence-electron chi connectivity index (χ3n) is 6.94. The van der Waals surface area contributed by atoms with Crippen LogP contribution in [0.25, 0.3) is 21.8 Å². The minimum absolute atomic E-state index is 0.00754. The Morgan fingerprint density at radius 3 is 2.00 bits per heavy atom. The number of fused-ring (bicyclic) bond motifs is 3. The van der Waals surface area contributed by atoms with E-state index in [1.54, 1.807) is 43.5 Å². The van der Waals surface area contributed by atoms with Crippen molar-refractivity contribution in [3.8, 4) is 5.75 Å². The molecule has 5 rings (SSSR count). The molecular weight excluding hydrogens is 504 g/mol. The van der Waals surface area contributed by atoms with Crippen LogP contribution in [-0.2, 0) is 16.2 Å². The number of nitrogens with zero attached hydrogens (tertiary/aromatic N) is 2. The Balaban J connectivity index is 1.63. The number of hydrogen-bond donors (Lipinski definition) is 0. The van der Waals surface area contributed by atoms with Gasteiger partial charge in [-0.25, -0.2) is 4.79 Å². The number of benzene rings is 4. The molecule has 0 fully saturated rings. The van der Waals surface area contributed by atoms with E-state index in [-0.39, 0.29) is 11.5 Å². The van der Waals surface area contributed by atoms with Gasteiger partial charge in [-0.2, -0.15) is 0 Å². The first kappa shape index (κ1) is 26.6. The summed E-state index contributed by atoms with van der Waals surface area (Å²) >= 11 is 0. The summed E-state index contributed by atoms with van der Waals surface area (Å²) in [5.74, 6) is -0.475. The normalized spacial score (nSPS) is 11.6. The van der Waals surface area contributed by atoms with Crippen molar-refractivity contribution in [2.75, 3.05) is 7.11 Å². The number of aromatic nitrogens is 1. The minimum Gasteiger partial charge on any atom is -0.497 e. The first-order chi connectivity index (χ1) is 19.3. The van der Waals surface area contributed by atoms with Crippen LogP contribution < -0.4 is 4.74 Å². The molecule has 0 saturated heterocycles. The Kier molecular flexibility index (Phi) is 7.29. The van der Waals surface area contributed by atoms with Gasteiger partial charge < -0.3 is 14.1 Å². The van der Waals surface area contributed by atoms with E-state index in [1.165, 1.54) is 6.92 Å². The van der Waals surface area contributed by atoms with Crippen molar-refractivity contribution in [1.82, 2.24) is 4.57 Å². The van der Waals surface area contributed by atoms with Crippen LogP contribution in [0.3, 0.4) is 0 Å². The molecule has 0 unspecified atom stereocenters. The smallest absolute Gasteiger partial charge is 0.332 e. The number of hydrogen-bond acceptors (Lipinski definition) is 6. The second kappa shape index (κ2) is 11.0. The van der Waals surface area contributed by atoms with E-state index in [0.29, 0.717) is 34.5 Å². The van der Waals surface area contributed by atoms with E-state index in [0.717, 1.165) is 27.4 Å². The second-order valence-electron chi connectivity index (χ2n) is 9.43. The van der Waals surface area contributed by atoms with Crippen LogP contribution >= 0.6 is 0 Å². The number of aryl methyl sites for hydroxylation is 2. The lowest BCUT2D eigenvalue weighted by Crippen LogP contribution is -2.17. The van der Waals surface area contributed by atoms with Crippen LogP contribution in [0.4, 0.5) is 0 Å². The van der Waals surface area contributed by atoms with Gasteiger partial charge >= 0.3 is 5.97 Å². The minimum atomic E-state index is -0.633. The first-order valence-electron chi connectivity index (χ1n) is 12.9. The Hall–Kier alpha value is -5.04. The molecule has 0 N–H and O–H groups in total. The van der Waals surface area contributed by atoms with E-state index in [9.17, 15) is 14.4 Å². The number of ketones is 2. The number of Topliss-reactive ketones (excluding diaryl/α,β-unsaturated/α-hetero) is 1. The average Bonchev–Trinajstić information content (AvgIpc) is 3.29. The molecule has 0 aliphatic rings. The number of carbonyl (C=O) groups excluding carboxylic acids is 3. The lowest BCUT2D eigenvalue weighted by atomic mass is 9.96. The summed E-state index contributed by atoms with van der Waals surface area (Å²) in [5, 5.41) is 5.60. The van der Waals surface area contributed by atoms with Crippen molar-refractivity contribution in [3.63, 3.8) is 0 Å². The molecule has 0 saturated carbocycles. The van der Waals surface area contributed by atoms with Crippen molar-refractivity contribution in [1.29, 1.82) is 0 Å². The van der Waals surface area contributed by atoms with Crippen LogP contribution in [0, 0.1) is 6.92 Å². The van der Waals surface area contributed by atoms with Gasteiger partial charge in [-0.15, -0.1) is 0 Å². The highest BCUT2D eigenvalue weighted by atomic mass is 16.7. The standard InChI is InChI=1S/C33H28N2O5/c1-5-35-29-16-12-23(32(37)26-9-7-6-8-20(26)2)18-27(29)28-19-24(13-17-30(28)35)33(38)31(34-40-21(3)36)22-10-14-25(39-4)15-11-22/h6-19H,5H2,1-4H3/b34-31+. The van der Waals surface area contributed by atoms with Gasteiger partial charge in [0.05, 0.1) is 7.11 Å². The largest absolute Gasteiger partial charge is 0.497 e. The number of methoxy groups -OCH3 is 1. The summed E-state index contributed by atoms with van der Waals surface area (Å²) in [6.07, 6.45) is 0. The number of carbonyl (C=O) groups is 3. The van der Waals surface area contributed by atoms with E-state index >= 15 is 0 Å². The average molecular weight is 533 g/mol. The summed E-state index contributed by atoms with van der Waals surface area (Å²) in [7, 11) is 1.55. The van der Waals surface area contributed by atoms with Gasteiger partial charge in [0.25, 0.3) is 0 Å². The zero-order chi connectivity index (χ0) is 28.4. The molecule has 0 radical (unpaired) electrons. The van der Waals surface area contributed by atoms with Gasteiger partial charge in [0, 0.05) is 57.5 Å². The molecule has 1 aromatic heterocycles. The molecule has 7 nitrogen and oxygen atoms in total. The van der Waals surface area contributed by atoms with Gasteiger partial charge in [-0.3, -0.25) is 9.59 Å². The molecule has 0 aliphatic carbocycles. The first-order valence-corrected chi connectivity index (χ1v) is 12.9. The zero-order valence-corrected chi connectivity index (χ0v) is 22.7. The molecule has 7 heteroatoms. The van der Waals surface area contributed by atoms with Crippen LogP contribution in [0.5, 0.6) is 5.75 Å². The molecule has 0 atom stereocenters. The predicted octanol–water partition coefficient (Wildman–Crippen LogP) is 6.51. The highest BCUT2D eigenvalue weighted by Gasteiger charge is 2.21. The van der Waals surface area contributed by atoms with Crippen molar-refractivity contribution in [2.24, 2.45) is 5.16 Å². The highest BCUT2D eigenvalue weighted by molar-refractivity contribution is 6.51. The summed E-state index contributed by atoms with van der Waals surface area (Å²) in [5.41, 5.74) is 4.90. The lowest BCUT2D eigenvalue weighted by molar-refractivity contribution is -0.140. The Morgan fingerprint density at radius 1 is 0.800 bits per heavy atom. The topological polar surface area (TPSA) is 87.0 Å². The molecule has 40 heavy (non-hydrogen) atoms. The molecule has 0 amide bonds. The van der Waals surface area contributed by atoms with Crippen LogP contribution in [0.15, 0.2) is 90.1 Å². The highest BCUT2D eigenvalue weighted by Crippen LogP contribution is 2.32. The molecule has 0 aliphatic heterocycles. The SMILES string of the molecule is CCn1c2ccc(C(=O)/C(=N/OC(C)=O)c3ccc(OC)cc3)cc2c2cc(C(=O)c3ccccc3C)ccc21. The molecule has 5 aromatic rings. The molecular formula is C33H28N2O5. The van der Waals surface area contributed by atoms with Crippen molar-refractivity contribution >= 4 is 45.1 Å². The van der Waals surface area contributed by atoms with Gasteiger partial charge in [0.1, 0.15) is 5.75 Å². The summed E-state index contributed by atoms with van der Waals surface area (Å²) in [4.78, 5) is 43.5. The van der Waals surface area contributed by atoms with Crippen molar-refractivity contribution in [3.05, 3.63) is 113 Å². The van der Waals surface area contributed by atoms with E-state index in [2.05, 4.69) is 16.6 Å². The second-order valence-corrected chi connectivity index (χ2v) is 9.43. The maximum absolute atomic E-state index is 13.8. The number of rotatable bonds is 8. The quantitative estimate of drug-likeness (QED) is 0.0984. The Bertz CT molecular complexity index is 1810. The van der Waals surface area contributed by atoms with Gasteiger partial charge in [-0.05, 0) is 80.1 Å². The fourth-order valence-electron chi connectivity index (χ4n) is 4.93. The van der Waals surface area contributed by atoms with E-state index in [4.69, 9.17) is 9.57 Å². The maximum Gasteiger partial charge on any atom is 0.332 e. The third-order valence-corrected chi connectivity index (χ3v) is 6.94. The molecule has 4 aromatic carbocycles. The molecule has 0 spiro atoms. The van der Waals surface area contributed by atoms with Gasteiger partial charge in [0.2, 0.25) is 5.78 Å². The van der Waals surface area contributed by atoms with Crippen molar-refractivity contribution < 1.29 is 24.0 Å². The molecule has 0 bridgehead atoms. The summed E-state index contributed by atoms with van der Waals surface area (Å²) in [6, 6.07) is 25.4. The fourth-order valence-corrected chi connectivity index (χ4v) is 4.93. The molecule has 200 valence electrons. The Labute approximate surface area is 231 Å². The van der Waals surface area contributed by atoms with Crippen molar-refractivity contribution in [2.45, 2.75) is 27.3 Å². The van der Waals surface area contributed by atoms with E-state index < -0.39 is 11.8 Å². The van der Waals surface area contributed by atoms with Gasteiger partial charge in [0.15, 0.2) is 11.5 Å². The van der Waals surface area contributed by atoms with E-state index in [1.807, 2.05) is 55.5 Å². The number of ether oxygens (including phenoxy) is 1. The fraction of sp³-hybridized carbons (Fsp3) is 0.152. The zero-order valence-electron chi connectivity index (χ0n) is 22.7. The maximum atomic E-state index is 13.8. The van der Waals surface area contributed by atoms with Crippen LogP contribution in [-0.4, -0.2) is 34.9 Å². The predicted molar refractivity (Wildman–Crippen MR) is 155 cm³/mol. The molecule has 1 heterocycles. The third kappa shape index (κ3) is 4.89.